The van der Waals surface area contributed by atoms with E-state index in [9.17, 15) is 0 Å². The molecule has 4 heteroatoms. The first-order valence-electron chi connectivity index (χ1n) is 5.27. The Bertz CT molecular complexity index is 275. The molecule has 0 amide bonds. The van der Waals surface area contributed by atoms with Crippen LogP contribution in [-0.2, 0) is 4.74 Å². The lowest BCUT2D eigenvalue weighted by Crippen LogP contribution is -2.16. The minimum atomic E-state index is 0.259. The normalized spacial score (nSPS) is 13.0. The summed E-state index contributed by atoms with van der Waals surface area (Å²) in [5.74, 6) is 0.967. The fourth-order valence-electron chi connectivity index (χ4n) is 1.49. The van der Waals surface area contributed by atoms with Crippen LogP contribution in [0.1, 0.15) is 31.6 Å². The van der Waals surface area contributed by atoms with Gasteiger partial charge in [0.05, 0.1) is 16.8 Å². The lowest BCUT2D eigenvalue weighted by Gasteiger charge is -2.13. The highest BCUT2D eigenvalue weighted by Gasteiger charge is 2.15. The molecular weight excluding hydrogens is 258 g/mol. The van der Waals surface area contributed by atoms with E-state index >= 15 is 0 Å². The zero-order valence-corrected chi connectivity index (χ0v) is 10.8. The summed E-state index contributed by atoms with van der Waals surface area (Å²) in [6, 6.07) is 2.18. The average Bonchev–Trinajstić information content (AvgIpc) is 2.65. The molecule has 3 nitrogen and oxygen atoms in total. The summed E-state index contributed by atoms with van der Waals surface area (Å²) >= 11 is 3.47. The largest absolute Gasteiger partial charge is 0.466 e. The Hall–Kier alpha value is -0.320. The van der Waals surface area contributed by atoms with Gasteiger partial charge in [-0.25, -0.2) is 0 Å². The third-order valence-corrected chi connectivity index (χ3v) is 2.95. The zero-order chi connectivity index (χ0) is 11.1. The molecule has 0 saturated carbocycles. The number of hydrogen-bond donors (Lipinski definition) is 1. The van der Waals surface area contributed by atoms with Gasteiger partial charge in [-0.2, -0.15) is 0 Å². The summed E-state index contributed by atoms with van der Waals surface area (Å²) in [7, 11) is 1.94. The molecule has 1 aromatic rings. The Labute approximate surface area is 99.3 Å². The van der Waals surface area contributed by atoms with Gasteiger partial charge in [0.15, 0.2) is 0 Å². The molecule has 0 aromatic carbocycles. The molecule has 86 valence electrons. The van der Waals surface area contributed by atoms with Crippen LogP contribution in [0.2, 0.25) is 0 Å². The van der Waals surface area contributed by atoms with E-state index < -0.39 is 0 Å². The third kappa shape index (κ3) is 3.97. The number of ether oxygens (including phenoxy) is 1. The second-order valence-electron chi connectivity index (χ2n) is 3.31. The smallest absolute Gasteiger partial charge is 0.134 e. The average molecular weight is 276 g/mol. The van der Waals surface area contributed by atoms with Crippen molar-refractivity contribution in [3.63, 3.8) is 0 Å². The molecule has 1 unspecified atom stereocenters. The van der Waals surface area contributed by atoms with E-state index in [2.05, 4.69) is 21.2 Å². The first-order valence-corrected chi connectivity index (χ1v) is 6.06. The van der Waals surface area contributed by atoms with Crippen LogP contribution < -0.4 is 5.32 Å². The summed E-state index contributed by atoms with van der Waals surface area (Å²) in [4.78, 5) is 0. The molecule has 0 bridgehead atoms. The van der Waals surface area contributed by atoms with Gasteiger partial charge >= 0.3 is 0 Å². The van der Waals surface area contributed by atoms with Crippen LogP contribution in [0.3, 0.4) is 0 Å². The Morgan fingerprint density at radius 3 is 2.93 bits per heavy atom. The van der Waals surface area contributed by atoms with E-state index in [1.165, 1.54) is 0 Å². The van der Waals surface area contributed by atoms with Crippen LogP contribution in [-0.4, -0.2) is 20.3 Å². The highest BCUT2D eigenvalue weighted by atomic mass is 79.9. The SMILES string of the molecule is CCOCCCC(NC)c1occc1Br. The molecular formula is C11H18BrNO2. The van der Waals surface area contributed by atoms with Gasteiger partial charge in [0, 0.05) is 13.2 Å². The van der Waals surface area contributed by atoms with Crippen LogP contribution in [0.5, 0.6) is 0 Å². The standard InChI is InChI=1S/C11H18BrNO2/c1-3-14-7-4-5-10(13-2)11-9(12)6-8-15-11/h6,8,10,13H,3-5,7H2,1-2H3. The summed E-state index contributed by atoms with van der Waals surface area (Å²) in [5.41, 5.74) is 0. The van der Waals surface area contributed by atoms with E-state index in [1.54, 1.807) is 6.26 Å². The van der Waals surface area contributed by atoms with Crippen molar-refractivity contribution in [1.82, 2.24) is 5.32 Å². The molecule has 1 aromatic heterocycles. The first kappa shape index (κ1) is 12.7. The lowest BCUT2D eigenvalue weighted by molar-refractivity contribution is 0.140. The van der Waals surface area contributed by atoms with Gasteiger partial charge in [0.2, 0.25) is 0 Å². The molecule has 1 heterocycles. The second-order valence-corrected chi connectivity index (χ2v) is 4.17. The van der Waals surface area contributed by atoms with Gasteiger partial charge in [-0.1, -0.05) is 0 Å². The van der Waals surface area contributed by atoms with Gasteiger partial charge in [-0.15, -0.1) is 0 Å². The van der Waals surface area contributed by atoms with Crippen LogP contribution >= 0.6 is 15.9 Å². The maximum Gasteiger partial charge on any atom is 0.134 e. The van der Waals surface area contributed by atoms with Crippen molar-refractivity contribution < 1.29 is 9.15 Å². The fraction of sp³-hybridized carbons (Fsp3) is 0.636. The molecule has 0 aliphatic heterocycles. The highest BCUT2D eigenvalue weighted by Crippen LogP contribution is 2.27. The van der Waals surface area contributed by atoms with Crippen molar-refractivity contribution >= 4 is 15.9 Å². The van der Waals surface area contributed by atoms with Crippen molar-refractivity contribution in [1.29, 1.82) is 0 Å². The minimum Gasteiger partial charge on any atom is -0.466 e. The van der Waals surface area contributed by atoms with Crippen LogP contribution in [0.4, 0.5) is 0 Å². The predicted molar refractivity (Wildman–Crippen MR) is 63.9 cm³/mol. The molecule has 0 fully saturated rings. The Morgan fingerprint density at radius 1 is 1.60 bits per heavy atom. The molecule has 0 spiro atoms. The van der Waals surface area contributed by atoms with Crippen molar-refractivity contribution in [2.24, 2.45) is 0 Å². The zero-order valence-electron chi connectivity index (χ0n) is 9.25. The van der Waals surface area contributed by atoms with Crippen LogP contribution in [0.25, 0.3) is 0 Å². The van der Waals surface area contributed by atoms with Crippen LogP contribution in [0, 0.1) is 0 Å². The predicted octanol–water partition coefficient (Wildman–Crippen LogP) is 3.12. The maximum atomic E-state index is 5.42. The minimum absolute atomic E-state index is 0.259. The van der Waals surface area contributed by atoms with E-state index in [-0.39, 0.29) is 6.04 Å². The second kappa shape index (κ2) is 7.04. The number of rotatable bonds is 7. The summed E-state index contributed by atoms with van der Waals surface area (Å²) in [5, 5.41) is 3.24. The van der Waals surface area contributed by atoms with Gasteiger partial charge in [-0.3, -0.25) is 0 Å². The van der Waals surface area contributed by atoms with E-state index in [1.807, 2.05) is 20.0 Å². The van der Waals surface area contributed by atoms with Crippen molar-refractivity contribution in [2.45, 2.75) is 25.8 Å². The molecule has 15 heavy (non-hydrogen) atoms. The number of hydrogen-bond acceptors (Lipinski definition) is 3. The lowest BCUT2D eigenvalue weighted by atomic mass is 10.1. The van der Waals surface area contributed by atoms with Crippen molar-refractivity contribution in [3.05, 3.63) is 22.6 Å². The first-order chi connectivity index (χ1) is 7.29. The number of furan rings is 1. The Kier molecular flexibility index (Phi) is 5.98. The molecule has 0 saturated heterocycles. The Morgan fingerprint density at radius 2 is 2.40 bits per heavy atom. The van der Waals surface area contributed by atoms with Gasteiger partial charge < -0.3 is 14.5 Å². The maximum absolute atomic E-state index is 5.42. The highest BCUT2D eigenvalue weighted by molar-refractivity contribution is 9.10. The summed E-state index contributed by atoms with van der Waals surface area (Å²) in [6.45, 7) is 3.61. The molecule has 1 atom stereocenters. The van der Waals surface area contributed by atoms with E-state index in [0.29, 0.717) is 0 Å². The number of nitrogens with one attached hydrogen (secondary N) is 1. The third-order valence-electron chi connectivity index (χ3n) is 2.30. The summed E-state index contributed by atoms with van der Waals surface area (Å²) in [6.07, 6.45) is 3.75. The van der Waals surface area contributed by atoms with Crippen LogP contribution in [0.15, 0.2) is 21.2 Å². The van der Waals surface area contributed by atoms with E-state index in [0.717, 1.165) is 36.3 Å². The number of halogens is 1. The van der Waals surface area contributed by atoms with Crippen molar-refractivity contribution in [3.8, 4) is 0 Å². The molecule has 1 rings (SSSR count). The summed E-state index contributed by atoms with van der Waals surface area (Å²) < 4.78 is 11.8. The topological polar surface area (TPSA) is 34.4 Å². The monoisotopic (exact) mass is 275 g/mol. The quantitative estimate of drug-likeness (QED) is 0.777. The molecule has 0 radical (unpaired) electrons. The van der Waals surface area contributed by atoms with Gasteiger partial charge in [0.1, 0.15) is 5.76 Å². The van der Waals surface area contributed by atoms with Gasteiger partial charge in [-0.05, 0) is 48.8 Å². The Balaban J connectivity index is 2.39. The van der Waals surface area contributed by atoms with Gasteiger partial charge in [0.25, 0.3) is 0 Å². The fourth-order valence-corrected chi connectivity index (χ4v) is 1.97. The van der Waals surface area contributed by atoms with E-state index in [4.69, 9.17) is 9.15 Å². The molecule has 0 aliphatic carbocycles. The molecule has 1 N–H and O–H groups in total. The molecule has 0 aliphatic rings. The van der Waals surface area contributed by atoms with Crippen molar-refractivity contribution in [2.75, 3.05) is 20.3 Å².